The van der Waals surface area contributed by atoms with E-state index in [1.807, 2.05) is 14.0 Å². The van der Waals surface area contributed by atoms with Crippen LogP contribution in [-0.4, -0.2) is 27.0 Å². The Morgan fingerprint density at radius 3 is 2.70 bits per heavy atom. The lowest BCUT2D eigenvalue weighted by atomic mass is 10.1. The van der Waals surface area contributed by atoms with Crippen LogP contribution in [0.1, 0.15) is 30.0 Å². The standard InChI is InChI=1S/C14H18ClN3O2/c1-4-10-14(15)11(18(2)17-10)7-12(19)9-5-6-13(20-3)16-8-9/h5-6,8,12,19H,4,7H2,1-3H3. The lowest BCUT2D eigenvalue weighted by Gasteiger charge is -2.11. The zero-order valence-electron chi connectivity index (χ0n) is 11.8. The summed E-state index contributed by atoms with van der Waals surface area (Å²) in [6.07, 6.45) is 2.10. The van der Waals surface area contributed by atoms with Gasteiger partial charge in [0.25, 0.3) is 0 Å². The highest BCUT2D eigenvalue weighted by Gasteiger charge is 2.18. The van der Waals surface area contributed by atoms with Crippen molar-refractivity contribution in [2.24, 2.45) is 7.05 Å². The first-order chi connectivity index (χ1) is 9.56. The van der Waals surface area contributed by atoms with E-state index >= 15 is 0 Å². The maximum Gasteiger partial charge on any atom is 0.212 e. The van der Waals surface area contributed by atoms with Crippen molar-refractivity contribution >= 4 is 11.6 Å². The number of aromatic nitrogens is 3. The Bertz CT molecular complexity index is 581. The molecule has 6 heteroatoms. The molecule has 0 saturated heterocycles. The Labute approximate surface area is 123 Å². The minimum absolute atomic E-state index is 0.399. The van der Waals surface area contributed by atoms with Gasteiger partial charge in [-0.1, -0.05) is 18.5 Å². The fraction of sp³-hybridized carbons (Fsp3) is 0.429. The number of nitrogens with zero attached hydrogens (tertiary/aromatic N) is 3. The number of hydrogen-bond acceptors (Lipinski definition) is 4. The highest BCUT2D eigenvalue weighted by atomic mass is 35.5. The fourth-order valence-corrected chi connectivity index (χ4v) is 2.42. The van der Waals surface area contributed by atoms with Crippen LogP contribution in [0.5, 0.6) is 5.88 Å². The van der Waals surface area contributed by atoms with Gasteiger partial charge in [-0.25, -0.2) is 4.98 Å². The monoisotopic (exact) mass is 295 g/mol. The van der Waals surface area contributed by atoms with Crippen LogP contribution >= 0.6 is 11.6 Å². The zero-order valence-corrected chi connectivity index (χ0v) is 12.6. The molecule has 1 N–H and O–H groups in total. The Morgan fingerprint density at radius 2 is 2.20 bits per heavy atom. The van der Waals surface area contributed by atoms with Crippen LogP contribution in [0.4, 0.5) is 0 Å². The molecular weight excluding hydrogens is 278 g/mol. The van der Waals surface area contributed by atoms with Gasteiger partial charge >= 0.3 is 0 Å². The van der Waals surface area contributed by atoms with Gasteiger partial charge in [0.15, 0.2) is 0 Å². The summed E-state index contributed by atoms with van der Waals surface area (Å²) < 4.78 is 6.72. The summed E-state index contributed by atoms with van der Waals surface area (Å²) in [4.78, 5) is 4.09. The van der Waals surface area contributed by atoms with Crippen LogP contribution in [-0.2, 0) is 19.9 Å². The normalized spacial score (nSPS) is 12.4. The zero-order chi connectivity index (χ0) is 14.7. The summed E-state index contributed by atoms with van der Waals surface area (Å²) in [7, 11) is 3.39. The molecule has 2 aromatic heterocycles. The van der Waals surface area contributed by atoms with Crippen LogP contribution in [0.15, 0.2) is 18.3 Å². The number of rotatable bonds is 5. The van der Waals surface area contributed by atoms with Crippen molar-refractivity contribution in [2.45, 2.75) is 25.9 Å². The molecule has 0 aliphatic carbocycles. The van der Waals surface area contributed by atoms with E-state index in [0.717, 1.165) is 23.4 Å². The molecule has 0 spiro atoms. The van der Waals surface area contributed by atoms with E-state index in [1.54, 1.807) is 30.1 Å². The number of aryl methyl sites for hydroxylation is 2. The highest BCUT2D eigenvalue weighted by molar-refractivity contribution is 6.31. The first-order valence-corrected chi connectivity index (χ1v) is 6.82. The predicted molar refractivity (Wildman–Crippen MR) is 77.0 cm³/mol. The molecule has 1 unspecified atom stereocenters. The van der Waals surface area contributed by atoms with E-state index in [0.29, 0.717) is 17.3 Å². The molecule has 5 nitrogen and oxygen atoms in total. The summed E-state index contributed by atoms with van der Waals surface area (Å²) in [6, 6.07) is 3.52. The van der Waals surface area contributed by atoms with Crippen molar-refractivity contribution in [3.05, 3.63) is 40.3 Å². The van der Waals surface area contributed by atoms with E-state index in [-0.39, 0.29) is 0 Å². The van der Waals surface area contributed by atoms with Crippen LogP contribution in [0, 0.1) is 0 Å². The van der Waals surface area contributed by atoms with Gasteiger partial charge in [0.2, 0.25) is 5.88 Å². The van der Waals surface area contributed by atoms with Gasteiger partial charge in [-0.3, -0.25) is 4.68 Å². The molecule has 0 aliphatic heterocycles. The Balaban J connectivity index is 2.18. The molecule has 108 valence electrons. The first-order valence-electron chi connectivity index (χ1n) is 6.45. The SMILES string of the molecule is CCc1nn(C)c(CC(O)c2ccc(OC)nc2)c1Cl. The largest absolute Gasteiger partial charge is 0.481 e. The summed E-state index contributed by atoms with van der Waals surface area (Å²) >= 11 is 6.28. The van der Waals surface area contributed by atoms with Crippen molar-refractivity contribution in [3.63, 3.8) is 0 Å². The highest BCUT2D eigenvalue weighted by Crippen LogP contribution is 2.26. The second-order valence-electron chi connectivity index (χ2n) is 4.54. The molecule has 2 rings (SSSR count). The molecular formula is C14H18ClN3O2. The van der Waals surface area contributed by atoms with E-state index < -0.39 is 6.10 Å². The third-order valence-corrected chi connectivity index (χ3v) is 3.68. The Kier molecular flexibility index (Phi) is 4.62. The second kappa shape index (κ2) is 6.24. The number of methoxy groups -OCH3 is 1. The molecule has 0 aromatic carbocycles. The van der Waals surface area contributed by atoms with Gasteiger partial charge in [0, 0.05) is 25.7 Å². The van der Waals surface area contributed by atoms with E-state index in [4.69, 9.17) is 16.3 Å². The third kappa shape index (κ3) is 2.94. The number of pyridine rings is 1. The molecule has 0 fully saturated rings. The lowest BCUT2D eigenvalue weighted by molar-refractivity contribution is 0.175. The van der Waals surface area contributed by atoms with Gasteiger partial charge in [-0.05, 0) is 18.1 Å². The Morgan fingerprint density at radius 1 is 1.45 bits per heavy atom. The smallest absolute Gasteiger partial charge is 0.212 e. The van der Waals surface area contributed by atoms with Gasteiger partial charge in [-0.15, -0.1) is 0 Å². The minimum atomic E-state index is -0.675. The second-order valence-corrected chi connectivity index (χ2v) is 4.92. The average molecular weight is 296 g/mol. The van der Waals surface area contributed by atoms with Crippen LogP contribution in [0.3, 0.4) is 0 Å². The van der Waals surface area contributed by atoms with Crippen molar-refractivity contribution in [3.8, 4) is 5.88 Å². The molecule has 0 saturated carbocycles. The number of aliphatic hydroxyl groups excluding tert-OH is 1. The maximum atomic E-state index is 10.3. The van der Waals surface area contributed by atoms with E-state index in [9.17, 15) is 5.11 Å². The molecule has 0 bridgehead atoms. The van der Waals surface area contributed by atoms with Crippen molar-refractivity contribution in [1.82, 2.24) is 14.8 Å². The Hall–Kier alpha value is -1.59. The summed E-state index contributed by atoms with van der Waals surface area (Å²) in [5.74, 6) is 0.521. The molecule has 0 radical (unpaired) electrons. The number of hydrogen-bond donors (Lipinski definition) is 1. The predicted octanol–water partition coefficient (Wildman–Crippen LogP) is 2.32. The average Bonchev–Trinajstić information content (AvgIpc) is 2.74. The van der Waals surface area contributed by atoms with Gasteiger partial charge < -0.3 is 9.84 Å². The van der Waals surface area contributed by atoms with E-state index in [2.05, 4.69) is 10.1 Å². The summed E-state index contributed by atoms with van der Waals surface area (Å²) in [5, 5.41) is 15.3. The van der Waals surface area contributed by atoms with Crippen molar-refractivity contribution in [2.75, 3.05) is 7.11 Å². The summed E-state index contributed by atoms with van der Waals surface area (Å²) in [5.41, 5.74) is 2.40. The lowest BCUT2D eigenvalue weighted by Crippen LogP contribution is -2.07. The summed E-state index contributed by atoms with van der Waals surface area (Å²) in [6.45, 7) is 2.00. The molecule has 1 atom stereocenters. The number of ether oxygens (including phenoxy) is 1. The van der Waals surface area contributed by atoms with Gasteiger partial charge in [0.1, 0.15) is 0 Å². The maximum absolute atomic E-state index is 10.3. The van der Waals surface area contributed by atoms with E-state index in [1.165, 1.54) is 0 Å². The molecule has 20 heavy (non-hydrogen) atoms. The third-order valence-electron chi connectivity index (χ3n) is 3.24. The van der Waals surface area contributed by atoms with Gasteiger partial charge in [0.05, 0.1) is 29.6 Å². The molecule has 2 heterocycles. The van der Waals surface area contributed by atoms with Crippen LogP contribution in [0.2, 0.25) is 5.02 Å². The fourth-order valence-electron chi connectivity index (χ4n) is 2.05. The van der Waals surface area contributed by atoms with Crippen molar-refractivity contribution in [1.29, 1.82) is 0 Å². The minimum Gasteiger partial charge on any atom is -0.481 e. The number of aliphatic hydroxyl groups is 1. The number of halogens is 1. The van der Waals surface area contributed by atoms with Gasteiger partial charge in [-0.2, -0.15) is 5.10 Å². The first kappa shape index (κ1) is 14.8. The van der Waals surface area contributed by atoms with Crippen molar-refractivity contribution < 1.29 is 9.84 Å². The molecule has 0 amide bonds. The molecule has 0 aliphatic rings. The van der Waals surface area contributed by atoms with Crippen LogP contribution < -0.4 is 4.74 Å². The topological polar surface area (TPSA) is 60.2 Å². The molecule has 2 aromatic rings. The van der Waals surface area contributed by atoms with Crippen LogP contribution in [0.25, 0.3) is 0 Å². The quantitative estimate of drug-likeness (QED) is 0.919.